The standard InChI is InChI=1S/C38H50N6O2/c1-5-38(12-13-38)37(45)41-35(33-24-39-25-42(33)4)32-23-29-7-6-14-40-34(29)36(30-9-8-26(2)21-31(30)32)44-17-15-43(16-18-44)27(3)22-28-10-19-46-20-11-28/h6-9,14,21,23-25,28,34-36,40H,3,5,10-13,15-20,22H2,1-2,4H3,(H,41,45). The summed E-state index contributed by atoms with van der Waals surface area (Å²) in [6, 6.07) is 6.82. The Bertz CT molecular complexity index is 1550. The molecule has 244 valence electrons. The van der Waals surface area contributed by atoms with Gasteiger partial charge in [0.25, 0.3) is 0 Å². The van der Waals surface area contributed by atoms with Crippen molar-refractivity contribution in [2.75, 3.05) is 39.4 Å². The number of aromatic nitrogens is 2. The number of ether oxygens (including phenoxy) is 1. The highest BCUT2D eigenvalue weighted by atomic mass is 16.5. The second-order valence-corrected chi connectivity index (χ2v) is 14.1. The molecule has 5 aliphatic rings. The van der Waals surface area contributed by atoms with Gasteiger partial charge in [-0.2, -0.15) is 0 Å². The molecule has 0 bridgehead atoms. The van der Waals surface area contributed by atoms with Gasteiger partial charge in [-0.05, 0) is 85.9 Å². The average molecular weight is 623 g/mol. The largest absolute Gasteiger partial charge is 0.382 e. The topological polar surface area (TPSA) is 74.7 Å². The molecule has 0 spiro atoms. The van der Waals surface area contributed by atoms with Crippen LogP contribution in [0.15, 0.2) is 73.0 Å². The third kappa shape index (κ3) is 5.97. The van der Waals surface area contributed by atoms with Crippen LogP contribution in [0.1, 0.15) is 79.9 Å². The lowest BCUT2D eigenvalue weighted by molar-refractivity contribution is -0.126. The zero-order chi connectivity index (χ0) is 31.8. The number of imidazole rings is 1. The molecule has 0 radical (unpaired) electrons. The minimum Gasteiger partial charge on any atom is -0.382 e. The number of rotatable bonds is 9. The van der Waals surface area contributed by atoms with E-state index in [0.29, 0.717) is 5.92 Å². The molecule has 7 rings (SSSR count). The molecular formula is C38H50N6O2. The van der Waals surface area contributed by atoms with Gasteiger partial charge in [-0.25, -0.2) is 4.98 Å². The Morgan fingerprint density at radius 3 is 2.67 bits per heavy atom. The molecule has 3 atom stereocenters. The Balaban J connectivity index is 1.22. The van der Waals surface area contributed by atoms with Gasteiger partial charge in [0.2, 0.25) is 5.91 Å². The quantitative estimate of drug-likeness (QED) is 0.381. The van der Waals surface area contributed by atoms with E-state index in [9.17, 15) is 4.79 Å². The lowest BCUT2D eigenvalue weighted by atomic mass is 9.87. The van der Waals surface area contributed by atoms with Crippen molar-refractivity contribution < 1.29 is 9.53 Å². The lowest BCUT2D eigenvalue weighted by Gasteiger charge is -2.44. The van der Waals surface area contributed by atoms with E-state index in [2.05, 4.69) is 88.5 Å². The highest BCUT2D eigenvalue weighted by Crippen LogP contribution is 2.50. The summed E-state index contributed by atoms with van der Waals surface area (Å²) in [5.41, 5.74) is 8.12. The second kappa shape index (κ2) is 12.9. The fourth-order valence-corrected chi connectivity index (χ4v) is 8.05. The van der Waals surface area contributed by atoms with E-state index in [-0.39, 0.29) is 29.4 Å². The minimum absolute atomic E-state index is 0.0919. The average Bonchev–Trinajstić information content (AvgIpc) is 3.80. The number of nitrogens with one attached hydrogen (secondary N) is 2. The molecule has 1 amide bonds. The SMILES string of the molecule is C=C(CC1CCOCC1)N1CCN(C2c3ccc(C)cc3C(C(NC(=O)C3(CC)CC3)c3cncn3C)=CC3=CC=CNC32)CC1. The molecule has 1 aromatic carbocycles. The Morgan fingerprint density at radius 2 is 1.98 bits per heavy atom. The maximum atomic E-state index is 13.9. The van der Waals surface area contributed by atoms with Crippen LogP contribution in [0.25, 0.3) is 5.57 Å². The molecular weight excluding hydrogens is 572 g/mol. The summed E-state index contributed by atoms with van der Waals surface area (Å²) in [7, 11) is 2.02. The lowest BCUT2D eigenvalue weighted by Crippen LogP contribution is -2.52. The molecule has 1 saturated carbocycles. The van der Waals surface area contributed by atoms with Crippen LogP contribution in [-0.2, 0) is 16.6 Å². The van der Waals surface area contributed by atoms with E-state index >= 15 is 0 Å². The van der Waals surface area contributed by atoms with E-state index in [1.807, 2.05) is 24.1 Å². The van der Waals surface area contributed by atoms with Crippen molar-refractivity contribution in [2.24, 2.45) is 18.4 Å². The first-order chi connectivity index (χ1) is 22.4. The van der Waals surface area contributed by atoms with Crippen molar-refractivity contribution in [3.63, 3.8) is 0 Å². The van der Waals surface area contributed by atoms with Gasteiger partial charge in [-0.3, -0.25) is 9.69 Å². The summed E-state index contributed by atoms with van der Waals surface area (Å²) in [6.07, 6.45) is 18.7. The molecule has 3 unspecified atom stereocenters. The third-order valence-electron chi connectivity index (χ3n) is 11.3. The summed E-state index contributed by atoms with van der Waals surface area (Å²) in [4.78, 5) is 23.5. The Kier molecular flexibility index (Phi) is 8.68. The molecule has 3 aliphatic heterocycles. The fourth-order valence-electron chi connectivity index (χ4n) is 8.05. The van der Waals surface area contributed by atoms with Gasteiger partial charge in [-0.1, -0.05) is 49.4 Å². The van der Waals surface area contributed by atoms with Crippen LogP contribution in [-0.4, -0.2) is 70.7 Å². The fraction of sp³-hybridized carbons (Fsp3) is 0.526. The predicted octanol–water partition coefficient (Wildman–Crippen LogP) is 5.57. The van der Waals surface area contributed by atoms with Crippen molar-refractivity contribution in [1.29, 1.82) is 0 Å². The van der Waals surface area contributed by atoms with Gasteiger partial charge < -0.3 is 24.8 Å². The van der Waals surface area contributed by atoms with Gasteiger partial charge in [0.1, 0.15) is 0 Å². The molecule has 3 fully saturated rings. The highest BCUT2D eigenvalue weighted by Gasteiger charge is 2.49. The van der Waals surface area contributed by atoms with Crippen LogP contribution in [0.5, 0.6) is 0 Å². The predicted molar refractivity (Wildman–Crippen MR) is 183 cm³/mol. The normalized spacial score (nSPS) is 24.9. The van der Waals surface area contributed by atoms with Crippen LogP contribution >= 0.6 is 0 Å². The molecule has 2 N–H and O–H groups in total. The molecule has 8 nitrogen and oxygen atoms in total. The summed E-state index contributed by atoms with van der Waals surface area (Å²) >= 11 is 0. The van der Waals surface area contributed by atoms with Gasteiger partial charge in [-0.15, -0.1) is 0 Å². The molecule has 1 aromatic heterocycles. The van der Waals surface area contributed by atoms with Crippen LogP contribution in [0.2, 0.25) is 0 Å². The maximum absolute atomic E-state index is 13.9. The van der Waals surface area contributed by atoms with Crippen LogP contribution in [0.3, 0.4) is 0 Å². The van der Waals surface area contributed by atoms with Gasteiger partial charge in [0.05, 0.1) is 36.3 Å². The Morgan fingerprint density at radius 1 is 1.20 bits per heavy atom. The number of allylic oxidation sites excluding steroid dienone is 3. The monoisotopic (exact) mass is 622 g/mol. The summed E-state index contributed by atoms with van der Waals surface area (Å²) < 4.78 is 7.64. The molecule has 2 saturated heterocycles. The van der Waals surface area contributed by atoms with E-state index in [0.717, 1.165) is 89.2 Å². The second-order valence-electron chi connectivity index (χ2n) is 14.1. The number of dihydropyridines is 1. The Hall–Kier alpha value is -3.62. The number of amides is 1. The van der Waals surface area contributed by atoms with Crippen LogP contribution in [0, 0.1) is 18.3 Å². The van der Waals surface area contributed by atoms with Crippen molar-refractivity contribution in [3.8, 4) is 0 Å². The third-order valence-corrected chi connectivity index (χ3v) is 11.3. The number of aryl methyl sites for hydroxylation is 2. The van der Waals surface area contributed by atoms with E-state index in [4.69, 9.17) is 4.74 Å². The summed E-state index contributed by atoms with van der Waals surface area (Å²) in [5.74, 6) is 0.841. The van der Waals surface area contributed by atoms with Crippen molar-refractivity contribution in [1.82, 2.24) is 30.0 Å². The number of piperazine rings is 1. The molecule has 2 aliphatic carbocycles. The first-order valence-electron chi connectivity index (χ1n) is 17.3. The zero-order valence-corrected chi connectivity index (χ0v) is 27.8. The summed E-state index contributed by atoms with van der Waals surface area (Å²) in [6.45, 7) is 14.5. The Labute approximate surface area is 274 Å². The first kappa shape index (κ1) is 31.0. The number of fused-ring (bicyclic) bond motifs is 2. The number of hydrogen-bond donors (Lipinski definition) is 2. The van der Waals surface area contributed by atoms with Gasteiger partial charge in [0.15, 0.2) is 0 Å². The minimum atomic E-state index is -0.318. The van der Waals surface area contributed by atoms with Crippen molar-refractivity contribution in [3.05, 3.63) is 95.4 Å². The maximum Gasteiger partial charge on any atom is 0.227 e. The highest BCUT2D eigenvalue weighted by molar-refractivity contribution is 5.89. The molecule has 4 heterocycles. The van der Waals surface area contributed by atoms with Crippen molar-refractivity contribution >= 4 is 11.5 Å². The van der Waals surface area contributed by atoms with Gasteiger partial charge in [0, 0.05) is 57.6 Å². The number of carbonyl (C=O) groups is 1. The smallest absolute Gasteiger partial charge is 0.227 e. The molecule has 46 heavy (non-hydrogen) atoms. The summed E-state index contributed by atoms with van der Waals surface area (Å²) in [5, 5.41) is 7.30. The first-order valence-corrected chi connectivity index (χ1v) is 17.3. The van der Waals surface area contributed by atoms with Crippen LogP contribution < -0.4 is 10.6 Å². The van der Waals surface area contributed by atoms with Crippen molar-refractivity contribution in [2.45, 2.75) is 70.5 Å². The number of hydrogen-bond acceptors (Lipinski definition) is 6. The molecule has 2 aromatic rings. The number of carbonyl (C=O) groups excluding carboxylic acids is 1. The zero-order valence-electron chi connectivity index (χ0n) is 27.8. The number of benzene rings is 1. The van der Waals surface area contributed by atoms with E-state index < -0.39 is 0 Å². The van der Waals surface area contributed by atoms with E-state index in [1.54, 1.807) is 0 Å². The molecule has 8 heteroatoms. The van der Waals surface area contributed by atoms with E-state index in [1.165, 1.54) is 28.0 Å². The van der Waals surface area contributed by atoms with Gasteiger partial charge >= 0.3 is 0 Å². The van der Waals surface area contributed by atoms with Crippen LogP contribution in [0.4, 0.5) is 0 Å². The number of nitrogens with zero attached hydrogens (tertiary/aromatic N) is 4.